The van der Waals surface area contributed by atoms with Gasteiger partial charge < -0.3 is 10.6 Å². The first-order valence-electron chi connectivity index (χ1n) is 7.09. The molecule has 0 amide bonds. The summed E-state index contributed by atoms with van der Waals surface area (Å²) in [7, 11) is 0. The molecule has 1 aliphatic heterocycles. The summed E-state index contributed by atoms with van der Waals surface area (Å²) in [5.74, 6) is 0.0481. The van der Waals surface area contributed by atoms with E-state index in [2.05, 4.69) is 6.92 Å². The maximum atomic E-state index is 13.1. The fourth-order valence-electron chi connectivity index (χ4n) is 2.72. The van der Waals surface area contributed by atoms with Crippen molar-refractivity contribution in [3.63, 3.8) is 0 Å². The molecule has 116 valence electrons. The minimum Gasteiger partial charge on any atom is -0.384 e. The van der Waals surface area contributed by atoms with Crippen LogP contribution in [0, 0.1) is 11.3 Å². The molecule has 3 nitrogen and oxygen atoms in total. The second-order valence-corrected chi connectivity index (χ2v) is 5.66. The third-order valence-corrected chi connectivity index (χ3v) is 3.98. The molecule has 1 unspecified atom stereocenters. The number of halogens is 3. The molecule has 21 heavy (non-hydrogen) atoms. The summed E-state index contributed by atoms with van der Waals surface area (Å²) in [5.41, 5.74) is 4.73. The molecule has 2 rings (SSSR count). The zero-order chi connectivity index (χ0) is 15.6. The van der Waals surface area contributed by atoms with E-state index in [1.807, 2.05) is 4.90 Å². The molecule has 1 fully saturated rings. The number of nitrogens with two attached hydrogens (primary N) is 1. The number of alkyl halides is 3. The summed E-state index contributed by atoms with van der Waals surface area (Å²) < 4.78 is 39.4. The van der Waals surface area contributed by atoms with Crippen molar-refractivity contribution in [3.8, 4) is 0 Å². The topological polar surface area (TPSA) is 53.1 Å². The van der Waals surface area contributed by atoms with Crippen LogP contribution in [-0.2, 0) is 6.18 Å². The van der Waals surface area contributed by atoms with E-state index in [-0.39, 0.29) is 5.56 Å². The summed E-state index contributed by atoms with van der Waals surface area (Å²) in [6, 6.07) is 4.05. The van der Waals surface area contributed by atoms with Gasteiger partial charge in [0, 0.05) is 24.3 Å². The molecule has 0 saturated carbocycles. The Kier molecular flexibility index (Phi) is 4.44. The summed E-state index contributed by atoms with van der Waals surface area (Å²) in [6.07, 6.45) is -1.43. The molecule has 1 heterocycles. The van der Waals surface area contributed by atoms with Gasteiger partial charge in [-0.15, -0.1) is 0 Å². The third-order valence-electron chi connectivity index (χ3n) is 3.98. The number of hydrogen-bond acceptors (Lipinski definition) is 2. The van der Waals surface area contributed by atoms with Gasteiger partial charge in [-0.2, -0.15) is 13.2 Å². The largest absolute Gasteiger partial charge is 0.417 e. The quantitative estimate of drug-likeness (QED) is 0.647. The van der Waals surface area contributed by atoms with Crippen molar-refractivity contribution in [3.05, 3.63) is 29.3 Å². The van der Waals surface area contributed by atoms with E-state index in [0.717, 1.165) is 38.4 Å². The summed E-state index contributed by atoms with van der Waals surface area (Å²) in [6.45, 7) is 3.70. The second kappa shape index (κ2) is 5.95. The Morgan fingerprint density at radius 2 is 2.00 bits per heavy atom. The number of hydrogen-bond donors (Lipinski definition) is 2. The average Bonchev–Trinajstić information content (AvgIpc) is 2.62. The Labute approximate surface area is 122 Å². The maximum absolute atomic E-state index is 13.1. The predicted octanol–water partition coefficient (Wildman–Crippen LogP) is 3.62. The fraction of sp³-hybridized carbons (Fsp3) is 0.533. The van der Waals surface area contributed by atoms with Crippen LogP contribution in [0.4, 0.5) is 18.9 Å². The van der Waals surface area contributed by atoms with Crippen molar-refractivity contribution in [2.75, 3.05) is 18.0 Å². The molecule has 0 aromatic heterocycles. The third kappa shape index (κ3) is 3.68. The van der Waals surface area contributed by atoms with Gasteiger partial charge >= 0.3 is 6.18 Å². The van der Waals surface area contributed by atoms with E-state index in [9.17, 15) is 13.2 Å². The van der Waals surface area contributed by atoms with Crippen LogP contribution in [0.1, 0.15) is 37.3 Å². The van der Waals surface area contributed by atoms with Crippen LogP contribution in [0.3, 0.4) is 0 Å². The Hall–Kier alpha value is -1.72. The van der Waals surface area contributed by atoms with Crippen molar-refractivity contribution in [2.45, 2.75) is 32.4 Å². The van der Waals surface area contributed by atoms with Gasteiger partial charge in [-0.25, -0.2) is 0 Å². The highest BCUT2D eigenvalue weighted by molar-refractivity contribution is 5.97. The van der Waals surface area contributed by atoms with Crippen molar-refractivity contribution < 1.29 is 13.2 Å². The highest BCUT2D eigenvalue weighted by Gasteiger charge is 2.34. The van der Waals surface area contributed by atoms with Gasteiger partial charge in [0.05, 0.1) is 5.56 Å². The fourth-order valence-corrected chi connectivity index (χ4v) is 2.72. The molecule has 0 aliphatic carbocycles. The van der Waals surface area contributed by atoms with Gasteiger partial charge in [-0.05, 0) is 43.4 Å². The molecular weight excluding hydrogens is 279 g/mol. The van der Waals surface area contributed by atoms with Crippen LogP contribution in [0.2, 0.25) is 0 Å². The molecular formula is C15H20F3N3. The van der Waals surface area contributed by atoms with Crippen LogP contribution < -0.4 is 10.6 Å². The van der Waals surface area contributed by atoms with Crippen molar-refractivity contribution in [2.24, 2.45) is 11.7 Å². The lowest BCUT2D eigenvalue weighted by atomic mass is 10.0. The Bertz CT molecular complexity index is 525. The molecule has 6 heteroatoms. The van der Waals surface area contributed by atoms with Crippen molar-refractivity contribution in [1.29, 1.82) is 5.41 Å². The Morgan fingerprint density at radius 3 is 2.62 bits per heavy atom. The van der Waals surface area contributed by atoms with Gasteiger partial charge in [0.1, 0.15) is 5.84 Å². The molecule has 1 aliphatic rings. The maximum Gasteiger partial charge on any atom is 0.417 e. The molecule has 3 N–H and O–H groups in total. The number of nitrogen functional groups attached to an aromatic ring is 1. The number of anilines is 1. The lowest BCUT2D eigenvalue weighted by Gasteiger charge is -2.24. The summed E-state index contributed by atoms with van der Waals surface area (Å²) in [5, 5.41) is 7.30. The minimum atomic E-state index is -4.50. The van der Waals surface area contributed by atoms with E-state index in [4.69, 9.17) is 11.1 Å². The number of nitrogens with one attached hydrogen (secondary N) is 1. The zero-order valence-electron chi connectivity index (χ0n) is 12.0. The van der Waals surface area contributed by atoms with Crippen LogP contribution in [0.15, 0.2) is 18.2 Å². The molecule has 1 atom stereocenters. The molecule has 1 saturated heterocycles. The first-order chi connectivity index (χ1) is 9.79. The standard InChI is InChI=1S/C15H20F3N3/c1-10-3-2-7-21(8-6-10)11-4-5-12(14(19)20)13(9-11)15(16,17)18/h4-5,9-10H,2-3,6-8H2,1H3,(H3,19,20). The zero-order valence-corrected chi connectivity index (χ0v) is 12.0. The first kappa shape index (κ1) is 15.7. The lowest BCUT2D eigenvalue weighted by molar-refractivity contribution is -0.137. The number of amidine groups is 1. The van der Waals surface area contributed by atoms with E-state index in [1.165, 1.54) is 6.07 Å². The normalized spacial score (nSPS) is 20.2. The van der Waals surface area contributed by atoms with Crippen molar-refractivity contribution >= 4 is 11.5 Å². The monoisotopic (exact) mass is 299 g/mol. The Morgan fingerprint density at radius 1 is 1.29 bits per heavy atom. The number of benzene rings is 1. The van der Waals surface area contributed by atoms with E-state index >= 15 is 0 Å². The SMILES string of the molecule is CC1CCCN(c2ccc(C(=N)N)c(C(F)(F)F)c2)CC1. The van der Waals surface area contributed by atoms with E-state index in [1.54, 1.807) is 6.07 Å². The smallest absolute Gasteiger partial charge is 0.384 e. The van der Waals surface area contributed by atoms with E-state index < -0.39 is 17.6 Å². The minimum absolute atomic E-state index is 0.255. The second-order valence-electron chi connectivity index (χ2n) is 5.66. The van der Waals surface area contributed by atoms with Gasteiger partial charge in [-0.3, -0.25) is 5.41 Å². The molecule has 1 aromatic rings. The first-order valence-corrected chi connectivity index (χ1v) is 7.09. The molecule has 0 radical (unpaired) electrons. The van der Waals surface area contributed by atoms with Crippen LogP contribution in [0.25, 0.3) is 0 Å². The average molecular weight is 299 g/mol. The van der Waals surface area contributed by atoms with Gasteiger partial charge in [0.2, 0.25) is 0 Å². The van der Waals surface area contributed by atoms with Gasteiger partial charge in [0.15, 0.2) is 0 Å². The highest BCUT2D eigenvalue weighted by Crippen LogP contribution is 2.35. The lowest BCUT2D eigenvalue weighted by Crippen LogP contribution is -2.26. The summed E-state index contributed by atoms with van der Waals surface area (Å²) in [4.78, 5) is 1.99. The van der Waals surface area contributed by atoms with Crippen LogP contribution in [-0.4, -0.2) is 18.9 Å². The molecule has 1 aromatic carbocycles. The number of rotatable bonds is 2. The molecule has 0 spiro atoms. The van der Waals surface area contributed by atoms with Gasteiger partial charge in [-0.1, -0.05) is 6.92 Å². The van der Waals surface area contributed by atoms with E-state index in [0.29, 0.717) is 11.6 Å². The predicted molar refractivity (Wildman–Crippen MR) is 77.7 cm³/mol. The van der Waals surface area contributed by atoms with Crippen LogP contribution in [0.5, 0.6) is 0 Å². The van der Waals surface area contributed by atoms with Gasteiger partial charge in [0.25, 0.3) is 0 Å². The van der Waals surface area contributed by atoms with Crippen molar-refractivity contribution in [1.82, 2.24) is 0 Å². The number of nitrogens with zero attached hydrogens (tertiary/aromatic N) is 1. The van der Waals surface area contributed by atoms with Crippen LogP contribution >= 0.6 is 0 Å². The Balaban J connectivity index is 2.35. The highest BCUT2D eigenvalue weighted by atomic mass is 19.4. The summed E-state index contributed by atoms with van der Waals surface area (Å²) >= 11 is 0. The molecule has 0 bridgehead atoms.